The third-order valence-corrected chi connectivity index (χ3v) is 2.99. The lowest BCUT2D eigenvalue weighted by molar-refractivity contribution is 0.141. The quantitative estimate of drug-likeness (QED) is 0.797. The summed E-state index contributed by atoms with van der Waals surface area (Å²) in [4.78, 5) is 12.5. The Kier molecular flexibility index (Phi) is 8.33. The van der Waals surface area contributed by atoms with Crippen LogP contribution >= 0.6 is 35.0 Å². The molecule has 1 aromatic rings. The van der Waals surface area contributed by atoms with Crippen molar-refractivity contribution in [3.8, 4) is 0 Å². The van der Waals surface area contributed by atoms with Crippen LogP contribution in [0.5, 0.6) is 0 Å². The summed E-state index contributed by atoms with van der Waals surface area (Å²) in [7, 11) is 0. The summed E-state index contributed by atoms with van der Waals surface area (Å²) in [6, 6.07) is 7.94. The summed E-state index contributed by atoms with van der Waals surface area (Å²) in [6.45, 7) is 3.15. The highest BCUT2D eigenvalue weighted by molar-refractivity contribution is 14.1. The smallest absolute Gasteiger partial charge is 0.407 e. The van der Waals surface area contributed by atoms with E-state index in [1.54, 1.807) is 0 Å². The van der Waals surface area contributed by atoms with E-state index in [-0.39, 0.29) is 12.4 Å². The number of nitrogens with zero attached hydrogens (tertiary/aromatic N) is 1. The molecule has 0 aliphatic rings. The van der Waals surface area contributed by atoms with Gasteiger partial charge in [0.25, 0.3) is 0 Å². The van der Waals surface area contributed by atoms with Crippen molar-refractivity contribution < 1.29 is 9.90 Å². The number of carbonyl (C=O) groups is 1. The maximum atomic E-state index is 11.0. The molecule has 1 aromatic carbocycles. The van der Waals surface area contributed by atoms with Crippen LogP contribution in [0.25, 0.3) is 0 Å². The fraction of sp³-hybridized carbons (Fsp3) is 0.417. The number of unbranched alkanes of at least 4 members (excludes halogenated alkanes) is 1. The first kappa shape index (κ1) is 16.5. The highest BCUT2D eigenvalue weighted by atomic mass is 127. The predicted octanol–water partition coefficient (Wildman–Crippen LogP) is 3.99. The molecule has 0 heterocycles. The molecule has 5 heteroatoms. The van der Waals surface area contributed by atoms with Gasteiger partial charge >= 0.3 is 6.09 Å². The number of halogens is 2. The van der Waals surface area contributed by atoms with Crippen molar-refractivity contribution >= 4 is 41.1 Å². The minimum absolute atomic E-state index is 0. The molecule has 1 rings (SSSR count). The topological polar surface area (TPSA) is 40.5 Å². The van der Waals surface area contributed by atoms with E-state index in [0.29, 0.717) is 13.1 Å². The molecule has 0 spiro atoms. The van der Waals surface area contributed by atoms with Gasteiger partial charge in [-0.2, -0.15) is 0 Å². The van der Waals surface area contributed by atoms with Crippen LogP contribution in [-0.2, 0) is 6.54 Å². The maximum Gasteiger partial charge on any atom is 0.407 e. The Morgan fingerprint density at radius 1 is 1.47 bits per heavy atom. The fourth-order valence-corrected chi connectivity index (χ4v) is 2.05. The second-order valence-electron chi connectivity index (χ2n) is 3.69. The van der Waals surface area contributed by atoms with Crippen LogP contribution < -0.4 is 0 Å². The van der Waals surface area contributed by atoms with Crippen LogP contribution in [0.3, 0.4) is 0 Å². The molecule has 0 aliphatic carbocycles. The van der Waals surface area contributed by atoms with E-state index in [4.69, 9.17) is 5.11 Å². The standard InChI is InChI=1S/C12H16INO2.ClH/c1-2-3-7-14(12(15)16)9-10-5-4-6-11(13)8-10;/h4-6,8H,2-3,7,9H2,1H3,(H,15,16);1H. The molecule has 1 amide bonds. The summed E-state index contributed by atoms with van der Waals surface area (Å²) in [6.07, 6.45) is 1.08. The molecule has 17 heavy (non-hydrogen) atoms. The number of benzene rings is 1. The van der Waals surface area contributed by atoms with Crippen LogP contribution in [0.4, 0.5) is 4.79 Å². The summed E-state index contributed by atoms with van der Waals surface area (Å²) in [5, 5.41) is 9.05. The highest BCUT2D eigenvalue weighted by Gasteiger charge is 2.11. The van der Waals surface area contributed by atoms with E-state index in [1.807, 2.05) is 24.3 Å². The second kappa shape index (κ2) is 8.58. The first-order valence-corrected chi connectivity index (χ1v) is 6.43. The lowest BCUT2D eigenvalue weighted by Crippen LogP contribution is -2.29. The van der Waals surface area contributed by atoms with Crippen molar-refractivity contribution in [2.45, 2.75) is 26.3 Å². The van der Waals surface area contributed by atoms with Gasteiger partial charge in [-0.15, -0.1) is 12.4 Å². The van der Waals surface area contributed by atoms with E-state index >= 15 is 0 Å². The number of carboxylic acid groups (broad SMARTS) is 1. The van der Waals surface area contributed by atoms with E-state index in [2.05, 4.69) is 29.5 Å². The van der Waals surface area contributed by atoms with Gasteiger partial charge in [0.2, 0.25) is 0 Å². The first-order chi connectivity index (χ1) is 7.63. The van der Waals surface area contributed by atoms with E-state index in [0.717, 1.165) is 22.0 Å². The SMILES string of the molecule is CCCCN(Cc1cccc(I)c1)C(=O)O.Cl. The summed E-state index contributed by atoms with van der Waals surface area (Å²) >= 11 is 2.23. The molecule has 0 atom stereocenters. The zero-order valence-corrected chi connectivity index (χ0v) is 12.7. The van der Waals surface area contributed by atoms with Gasteiger partial charge in [0.15, 0.2) is 0 Å². The molecular formula is C12H17ClINO2. The zero-order chi connectivity index (χ0) is 12.0. The van der Waals surface area contributed by atoms with Gasteiger partial charge in [0.1, 0.15) is 0 Å². The Morgan fingerprint density at radius 2 is 2.18 bits per heavy atom. The normalized spacial score (nSPS) is 9.53. The van der Waals surface area contributed by atoms with Crippen LogP contribution in [0, 0.1) is 3.57 Å². The molecule has 0 aliphatic heterocycles. The molecule has 96 valence electrons. The van der Waals surface area contributed by atoms with Gasteiger partial charge in [0, 0.05) is 16.7 Å². The summed E-state index contributed by atoms with van der Waals surface area (Å²) < 4.78 is 1.14. The average molecular weight is 370 g/mol. The third kappa shape index (κ3) is 6.12. The Balaban J connectivity index is 0.00000256. The van der Waals surface area contributed by atoms with Crippen molar-refractivity contribution in [1.82, 2.24) is 4.90 Å². The number of rotatable bonds is 5. The van der Waals surface area contributed by atoms with E-state index < -0.39 is 6.09 Å². The molecule has 0 unspecified atom stereocenters. The third-order valence-electron chi connectivity index (χ3n) is 2.31. The molecule has 0 fully saturated rings. The fourth-order valence-electron chi connectivity index (χ4n) is 1.45. The molecular weight excluding hydrogens is 352 g/mol. The molecule has 3 nitrogen and oxygen atoms in total. The van der Waals surface area contributed by atoms with Crippen molar-refractivity contribution in [2.24, 2.45) is 0 Å². The van der Waals surface area contributed by atoms with Crippen molar-refractivity contribution in [3.05, 3.63) is 33.4 Å². The lowest BCUT2D eigenvalue weighted by atomic mass is 10.2. The lowest BCUT2D eigenvalue weighted by Gasteiger charge is -2.18. The van der Waals surface area contributed by atoms with Crippen LogP contribution in [0.15, 0.2) is 24.3 Å². The minimum Gasteiger partial charge on any atom is -0.465 e. The van der Waals surface area contributed by atoms with Crippen molar-refractivity contribution in [1.29, 1.82) is 0 Å². The number of hydrogen-bond acceptors (Lipinski definition) is 1. The van der Waals surface area contributed by atoms with Gasteiger partial charge in [-0.25, -0.2) is 4.79 Å². The Labute approximate surface area is 122 Å². The van der Waals surface area contributed by atoms with Gasteiger partial charge < -0.3 is 10.0 Å². The molecule has 0 radical (unpaired) electrons. The second-order valence-corrected chi connectivity index (χ2v) is 4.93. The van der Waals surface area contributed by atoms with Gasteiger partial charge in [-0.05, 0) is 46.7 Å². The van der Waals surface area contributed by atoms with Crippen LogP contribution in [-0.4, -0.2) is 22.6 Å². The van der Waals surface area contributed by atoms with E-state index in [1.165, 1.54) is 4.90 Å². The average Bonchev–Trinajstić information content (AvgIpc) is 2.24. The van der Waals surface area contributed by atoms with E-state index in [9.17, 15) is 4.79 Å². The van der Waals surface area contributed by atoms with Gasteiger partial charge in [-0.3, -0.25) is 0 Å². The zero-order valence-electron chi connectivity index (χ0n) is 9.73. The Morgan fingerprint density at radius 3 is 2.71 bits per heavy atom. The van der Waals surface area contributed by atoms with Crippen LogP contribution in [0.2, 0.25) is 0 Å². The first-order valence-electron chi connectivity index (χ1n) is 5.35. The minimum atomic E-state index is -0.840. The van der Waals surface area contributed by atoms with Crippen LogP contribution in [0.1, 0.15) is 25.3 Å². The molecule has 0 saturated heterocycles. The maximum absolute atomic E-state index is 11.0. The Hall–Kier alpha value is -0.490. The monoisotopic (exact) mass is 369 g/mol. The number of amides is 1. The molecule has 1 N–H and O–H groups in total. The predicted molar refractivity (Wildman–Crippen MR) is 79.7 cm³/mol. The Bertz CT molecular complexity index is 360. The van der Waals surface area contributed by atoms with Gasteiger partial charge in [-0.1, -0.05) is 25.5 Å². The summed E-state index contributed by atoms with van der Waals surface area (Å²) in [5.41, 5.74) is 1.05. The summed E-state index contributed by atoms with van der Waals surface area (Å²) in [5.74, 6) is 0. The van der Waals surface area contributed by atoms with Crippen molar-refractivity contribution in [2.75, 3.05) is 6.54 Å². The largest absolute Gasteiger partial charge is 0.465 e. The number of hydrogen-bond donors (Lipinski definition) is 1. The highest BCUT2D eigenvalue weighted by Crippen LogP contribution is 2.11. The molecule has 0 aromatic heterocycles. The molecule has 0 saturated carbocycles. The van der Waals surface area contributed by atoms with Gasteiger partial charge in [0.05, 0.1) is 0 Å². The van der Waals surface area contributed by atoms with Crippen molar-refractivity contribution in [3.63, 3.8) is 0 Å². The molecule has 0 bridgehead atoms.